The second kappa shape index (κ2) is 3.21. The summed E-state index contributed by atoms with van der Waals surface area (Å²) in [7, 11) is 0. The molecule has 4 heteroatoms. The first kappa shape index (κ1) is 8.87. The van der Waals surface area contributed by atoms with Crippen molar-refractivity contribution in [1.82, 2.24) is 0 Å². The summed E-state index contributed by atoms with van der Waals surface area (Å²) in [6.45, 7) is 0. The Bertz CT molecular complexity index is 372. The van der Waals surface area contributed by atoms with Crippen molar-refractivity contribution in [2.24, 2.45) is 11.7 Å². The van der Waals surface area contributed by atoms with Crippen LogP contribution in [0.25, 0.3) is 0 Å². The van der Waals surface area contributed by atoms with Gasteiger partial charge in [-0.3, -0.25) is 4.79 Å². The van der Waals surface area contributed by atoms with Crippen LogP contribution in [0.5, 0.6) is 0 Å². The van der Waals surface area contributed by atoms with Gasteiger partial charge >= 0.3 is 0 Å². The fourth-order valence-corrected chi connectivity index (χ4v) is 1.68. The Morgan fingerprint density at radius 2 is 2.00 bits per heavy atom. The van der Waals surface area contributed by atoms with E-state index < -0.39 is 0 Å². The van der Waals surface area contributed by atoms with Crippen LogP contribution >= 0.6 is 0 Å². The number of hydrogen-bond donors (Lipinski definition) is 2. The van der Waals surface area contributed by atoms with Gasteiger partial charge in [-0.05, 0) is 17.9 Å². The van der Waals surface area contributed by atoms with Gasteiger partial charge in [0, 0.05) is 28.1 Å². The topological polar surface area (TPSA) is 74.1 Å². The lowest BCUT2D eigenvalue weighted by molar-refractivity contribution is -0.379. The molecule has 0 saturated heterocycles. The highest BCUT2D eigenvalue weighted by Crippen LogP contribution is 2.47. The number of nitrogens with two attached hydrogens (primary N) is 1. The van der Waals surface area contributed by atoms with Gasteiger partial charge in [-0.1, -0.05) is 12.1 Å². The number of amides is 1. The number of rotatable bonds is 3. The van der Waals surface area contributed by atoms with Crippen molar-refractivity contribution in [2.45, 2.75) is 12.3 Å². The zero-order valence-electron chi connectivity index (χ0n) is 7.57. The van der Waals surface area contributed by atoms with Gasteiger partial charge in [0.15, 0.2) is 0 Å². The summed E-state index contributed by atoms with van der Waals surface area (Å²) in [4.78, 5) is 21.1. The third-order valence-corrected chi connectivity index (χ3v) is 2.61. The molecule has 0 aliphatic heterocycles. The fourth-order valence-electron chi connectivity index (χ4n) is 1.68. The minimum Gasteiger partial charge on any atom is -0.369 e. The molecule has 0 radical (unpaired) electrons. The van der Waals surface area contributed by atoms with Crippen LogP contribution in [0.1, 0.15) is 17.9 Å². The van der Waals surface area contributed by atoms with Crippen LogP contribution in [0.2, 0.25) is 0 Å². The maximum Gasteiger partial charge on any atom is 0.253 e. The molecular formula is C10H11N2O2+. The van der Waals surface area contributed by atoms with Crippen LogP contribution < -0.4 is 10.9 Å². The Hall–Kier alpha value is -1.71. The van der Waals surface area contributed by atoms with E-state index in [9.17, 15) is 9.70 Å². The van der Waals surface area contributed by atoms with E-state index in [1.165, 1.54) is 0 Å². The molecule has 1 aliphatic rings. The molecule has 1 aromatic rings. The summed E-state index contributed by atoms with van der Waals surface area (Å²) >= 11 is 0. The molecule has 2 atom stereocenters. The molecule has 3 N–H and O–H groups in total. The first-order valence-electron chi connectivity index (χ1n) is 4.50. The maximum atomic E-state index is 10.8. The summed E-state index contributed by atoms with van der Waals surface area (Å²) in [6, 6.07) is 7.12. The van der Waals surface area contributed by atoms with Crippen LogP contribution in [0, 0.1) is 10.8 Å². The molecule has 1 amide bonds. The Morgan fingerprint density at radius 3 is 2.43 bits per heavy atom. The molecule has 1 fully saturated rings. The number of primary amides is 1. The highest BCUT2D eigenvalue weighted by molar-refractivity contribution is 5.81. The van der Waals surface area contributed by atoms with E-state index >= 15 is 0 Å². The number of hydrogen-bond acceptors (Lipinski definition) is 2. The highest BCUT2D eigenvalue weighted by Gasteiger charge is 2.42. The monoisotopic (exact) mass is 191 g/mol. The normalized spacial score (nSPS) is 24.3. The van der Waals surface area contributed by atoms with Crippen molar-refractivity contribution < 1.29 is 9.97 Å². The SMILES string of the molecule is NC(=O)C1CC1c1ccc([NH+]=O)cc1. The molecule has 0 bridgehead atoms. The lowest BCUT2D eigenvalue weighted by atomic mass is 10.1. The third-order valence-electron chi connectivity index (χ3n) is 2.61. The quantitative estimate of drug-likeness (QED) is 0.691. The summed E-state index contributed by atoms with van der Waals surface area (Å²) in [6.07, 6.45) is 0.833. The van der Waals surface area contributed by atoms with Crippen LogP contribution in [-0.2, 0) is 4.79 Å². The minimum atomic E-state index is -0.235. The Labute approximate surface area is 81.1 Å². The van der Waals surface area contributed by atoms with Crippen LogP contribution in [0.3, 0.4) is 0 Å². The molecule has 2 unspecified atom stereocenters. The molecule has 0 heterocycles. The number of benzene rings is 1. The Kier molecular flexibility index (Phi) is 2.04. The van der Waals surface area contributed by atoms with Gasteiger partial charge in [0.1, 0.15) is 0 Å². The summed E-state index contributed by atoms with van der Waals surface area (Å²) < 4.78 is 0. The standard InChI is InChI=1S/C10H10N2O2/c11-10(13)9-5-8(9)6-1-3-7(12-14)4-2-6/h1-4,8-9H,5H2,(H2,11,13)/p+1. The molecule has 1 aromatic carbocycles. The number of carbonyl (C=O) groups excluding carboxylic acids is 1. The predicted molar refractivity (Wildman–Crippen MR) is 50.5 cm³/mol. The van der Waals surface area contributed by atoms with Gasteiger partial charge in [-0.25, -0.2) is 0 Å². The van der Waals surface area contributed by atoms with Crippen LogP contribution in [0.15, 0.2) is 24.3 Å². The molecule has 1 saturated carbocycles. The number of nitroso groups, excluding NO2 is 1. The van der Waals surface area contributed by atoms with Gasteiger partial charge in [-0.15, -0.1) is 0 Å². The van der Waals surface area contributed by atoms with Gasteiger partial charge in [0.2, 0.25) is 5.91 Å². The molecule has 72 valence electrons. The van der Waals surface area contributed by atoms with E-state index in [1.807, 2.05) is 12.1 Å². The Morgan fingerprint density at radius 1 is 1.36 bits per heavy atom. The lowest BCUT2D eigenvalue weighted by Crippen LogP contribution is -2.55. The fraction of sp³-hybridized carbons (Fsp3) is 0.300. The first-order valence-corrected chi connectivity index (χ1v) is 4.50. The first-order chi connectivity index (χ1) is 6.72. The van der Waals surface area contributed by atoms with Crippen molar-refractivity contribution in [3.63, 3.8) is 0 Å². The second-order valence-corrected chi connectivity index (χ2v) is 3.58. The van der Waals surface area contributed by atoms with E-state index in [0.29, 0.717) is 5.69 Å². The van der Waals surface area contributed by atoms with E-state index in [2.05, 4.69) is 0 Å². The maximum absolute atomic E-state index is 10.8. The van der Waals surface area contributed by atoms with Crippen LogP contribution in [-0.4, -0.2) is 5.91 Å². The zero-order chi connectivity index (χ0) is 10.1. The number of carbonyl (C=O) groups is 1. The number of nitrogens with one attached hydrogen (secondary N) is 1. The van der Waals surface area contributed by atoms with Crippen molar-refractivity contribution in [2.75, 3.05) is 0 Å². The van der Waals surface area contributed by atoms with Gasteiger partial charge in [0.05, 0.1) is 0 Å². The molecule has 4 nitrogen and oxygen atoms in total. The second-order valence-electron chi connectivity index (χ2n) is 3.58. The van der Waals surface area contributed by atoms with Gasteiger partial charge in [-0.2, -0.15) is 0 Å². The molecule has 2 rings (SSSR count). The molecular weight excluding hydrogens is 180 g/mol. The van der Waals surface area contributed by atoms with Crippen molar-refractivity contribution >= 4 is 11.6 Å². The van der Waals surface area contributed by atoms with E-state index in [0.717, 1.165) is 12.0 Å². The molecule has 14 heavy (non-hydrogen) atoms. The average Bonchev–Trinajstić information content (AvgIpc) is 2.97. The summed E-state index contributed by atoms with van der Waals surface area (Å²) in [5.41, 5.74) is 6.79. The lowest BCUT2D eigenvalue weighted by Gasteiger charge is -1.96. The Balaban J connectivity index is 2.12. The van der Waals surface area contributed by atoms with Crippen molar-refractivity contribution in [3.05, 3.63) is 34.7 Å². The molecule has 1 aliphatic carbocycles. The third kappa shape index (κ3) is 1.51. The smallest absolute Gasteiger partial charge is 0.253 e. The highest BCUT2D eigenvalue weighted by atomic mass is 16.3. The minimum absolute atomic E-state index is 0.0129. The summed E-state index contributed by atoms with van der Waals surface area (Å²) in [5, 5.41) is 1.81. The van der Waals surface area contributed by atoms with E-state index in [4.69, 9.17) is 5.73 Å². The predicted octanol–water partition coefficient (Wildman–Crippen LogP) is -0.246. The van der Waals surface area contributed by atoms with Crippen LogP contribution in [0.4, 0.5) is 5.69 Å². The molecule has 0 aromatic heterocycles. The van der Waals surface area contributed by atoms with Gasteiger partial charge in [0.25, 0.3) is 5.69 Å². The van der Waals surface area contributed by atoms with Gasteiger partial charge < -0.3 is 5.73 Å². The summed E-state index contributed by atoms with van der Waals surface area (Å²) in [5.74, 6) is 0.00953. The van der Waals surface area contributed by atoms with Crippen molar-refractivity contribution in [3.8, 4) is 0 Å². The van der Waals surface area contributed by atoms with Crippen molar-refractivity contribution in [1.29, 1.82) is 0 Å². The largest absolute Gasteiger partial charge is 0.369 e. The molecule has 0 spiro atoms. The average molecular weight is 191 g/mol. The van der Waals surface area contributed by atoms with E-state index in [-0.39, 0.29) is 17.7 Å². The zero-order valence-corrected chi connectivity index (χ0v) is 7.57. The van der Waals surface area contributed by atoms with E-state index in [1.54, 1.807) is 17.3 Å².